The Morgan fingerprint density at radius 1 is 1.33 bits per heavy atom. The van der Waals surface area contributed by atoms with Crippen LogP contribution in [0.5, 0.6) is 0 Å². The molecular weight excluding hydrogens is 364 g/mol. The molecule has 0 saturated carbocycles. The molecule has 2 aliphatic rings. The van der Waals surface area contributed by atoms with Gasteiger partial charge >= 0.3 is 0 Å². The van der Waals surface area contributed by atoms with Crippen LogP contribution in [0.4, 0.5) is 0 Å². The van der Waals surface area contributed by atoms with Crippen LogP contribution >= 0.6 is 0 Å². The van der Waals surface area contributed by atoms with E-state index in [1.54, 1.807) is 24.3 Å². The van der Waals surface area contributed by atoms with E-state index in [0.29, 0.717) is 17.6 Å². The maximum atomic E-state index is 12.7. The Bertz CT molecular complexity index is 858. The summed E-state index contributed by atoms with van der Waals surface area (Å²) < 4.78 is 6.06. The van der Waals surface area contributed by atoms with Gasteiger partial charge in [-0.25, -0.2) is 0 Å². The van der Waals surface area contributed by atoms with Crippen LogP contribution in [-0.2, 0) is 14.0 Å². The smallest absolute Gasteiger partial charge is 0.248 e. The number of carbonyl (C=O) groups is 3. The van der Waals surface area contributed by atoms with Crippen molar-refractivity contribution in [3.05, 3.63) is 41.1 Å². The molecule has 0 radical (unpaired) electrons. The summed E-state index contributed by atoms with van der Waals surface area (Å²) in [5.74, 6) is -2.64. The van der Waals surface area contributed by atoms with Crippen LogP contribution in [-0.4, -0.2) is 43.1 Å². The number of β-lactam (4-membered cyclic amide) rings is 1. The van der Waals surface area contributed by atoms with Gasteiger partial charge in [0.1, 0.15) is 0 Å². The number of carbonyl (C=O) groups excluding carboxylic acids is 3. The second kappa shape index (κ2) is 6.61. The third-order valence-electron chi connectivity index (χ3n) is 4.94. The van der Waals surface area contributed by atoms with Gasteiger partial charge in [0.15, 0.2) is 8.32 Å². The first-order valence-corrected chi connectivity index (χ1v) is 12.3. The molecule has 7 nitrogen and oxygen atoms in total. The minimum absolute atomic E-state index is 0.122. The predicted octanol–water partition coefficient (Wildman–Crippen LogP) is 0.717. The summed E-state index contributed by atoms with van der Waals surface area (Å²) in [5, 5.41) is 11.8. The van der Waals surface area contributed by atoms with Crippen molar-refractivity contribution in [2.24, 2.45) is 11.7 Å². The average Bonchev–Trinajstić information content (AvgIpc) is 2.88. The lowest BCUT2D eigenvalue weighted by Gasteiger charge is -2.47. The molecule has 0 bridgehead atoms. The van der Waals surface area contributed by atoms with Crippen molar-refractivity contribution in [1.82, 2.24) is 4.90 Å². The zero-order valence-corrected chi connectivity index (χ0v) is 16.8. The SMILES string of the molecule is C[C@@H](O[Si](C)(C)C)[C@H]1C(=O)N2C(C(=O)[O-])=C(c3cccc(C(N)=O)c3)C[C@H]12. The maximum Gasteiger partial charge on any atom is 0.248 e. The van der Waals surface area contributed by atoms with Gasteiger partial charge in [0.05, 0.1) is 29.7 Å². The van der Waals surface area contributed by atoms with Crippen molar-refractivity contribution in [1.29, 1.82) is 0 Å². The Labute approximate surface area is 158 Å². The Morgan fingerprint density at radius 3 is 2.56 bits per heavy atom. The number of aliphatic carboxylic acids is 1. The Hall–Kier alpha value is -2.45. The van der Waals surface area contributed by atoms with Gasteiger partial charge in [0, 0.05) is 5.56 Å². The zero-order valence-electron chi connectivity index (χ0n) is 15.8. The number of fused-ring (bicyclic) bond motifs is 1. The van der Waals surface area contributed by atoms with E-state index in [-0.39, 0.29) is 35.2 Å². The van der Waals surface area contributed by atoms with Gasteiger partial charge in [-0.15, -0.1) is 0 Å². The van der Waals surface area contributed by atoms with E-state index in [1.165, 1.54) is 4.90 Å². The lowest BCUT2D eigenvalue weighted by Crippen LogP contribution is -2.63. The highest BCUT2D eigenvalue weighted by Crippen LogP contribution is 2.47. The molecule has 0 aromatic heterocycles. The van der Waals surface area contributed by atoms with E-state index < -0.39 is 20.2 Å². The number of carboxylic acids is 1. The van der Waals surface area contributed by atoms with Gasteiger partial charge in [-0.3, -0.25) is 9.59 Å². The third kappa shape index (κ3) is 3.42. The highest BCUT2D eigenvalue weighted by molar-refractivity contribution is 6.69. The van der Waals surface area contributed by atoms with Crippen LogP contribution < -0.4 is 10.8 Å². The highest BCUT2D eigenvalue weighted by atomic mass is 28.4. The van der Waals surface area contributed by atoms with Crippen molar-refractivity contribution in [2.45, 2.75) is 45.1 Å². The van der Waals surface area contributed by atoms with Gasteiger partial charge in [0.2, 0.25) is 11.8 Å². The van der Waals surface area contributed by atoms with Crippen LogP contribution in [0.3, 0.4) is 0 Å². The molecule has 0 unspecified atom stereocenters. The predicted molar refractivity (Wildman–Crippen MR) is 99.5 cm³/mol. The molecule has 1 fully saturated rings. The average molecular weight is 387 g/mol. The molecule has 1 aromatic carbocycles. The molecule has 2 aliphatic heterocycles. The van der Waals surface area contributed by atoms with Crippen LogP contribution in [0.1, 0.15) is 29.3 Å². The topological polar surface area (TPSA) is 113 Å². The van der Waals surface area contributed by atoms with Crippen molar-refractivity contribution in [3.63, 3.8) is 0 Å². The number of nitrogens with two attached hydrogens (primary N) is 1. The van der Waals surface area contributed by atoms with Crippen molar-refractivity contribution < 1.29 is 23.9 Å². The molecule has 27 heavy (non-hydrogen) atoms. The number of hydrogen-bond donors (Lipinski definition) is 1. The molecule has 144 valence electrons. The van der Waals surface area contributed by atoms with Crippen LogP contribution in [0.15, 0.2) is 30.0 Å². The highest BCUT2D eigenvalue weighted by Gasteiger charge is 2.56. The number of benzene rings is 1. The summed E-state index contributed by atoms with van der Waals surface area (Å²) in [4.78, 5) is 37.2. The zero-order chi connectivity index (χ0) is 20.1. The molecule has 8 heteroatoms. The summed E-state index contributed by atoms with van der Waals surface area (Å²) in [6.45, 7) is 8.00. The van der Waals surface area contributed by atoms with E-state index in [4.69, 9.17) is 10.2 Å². The Morgan fingerprint density at radius 2 is 2.00 bits per heavy atom. The standard InChI is InChI=1S/C19H24N2O5Si/c1-10(26-27(2,3)4)15-14-9-13(16(19(24)25)21(14)18(15)23)11-6-5-7-12(8-11)17(20)22/h5-8,10,14-15H,9H2,1-4H3,(H2,20,22)(H,24,25)/p-1/t10-,14-,15-/m1/s1. The molecule has 1 aromatic rings. The second-order valence-electron chi connectivity index (χ2n) is 8.00. The molecule has 2 N–H and O–H groups in total. The molecule has 3 atom stereocenters. The molecular formula is C19H23N2O5Si-. The number of carboxylic acid groups (broad SMARTS) is 1. The van der Waals surface area contributed by atoms with Gasteiger partial charge < -0.3 is 25.0 Å². The van der Waals surface area contributed by atoms with Crippen LogP contribution in [0, 0.1) is 5.92 Å². The first-order chi connectivity index (χ1) is 12.5. The minimum atomic E-state index is -1.84. The van der Waals surface area contributed by atoms with E-state index in [0.717, 1.165) is 0 Å². The maximum absolute atomic E-state index is 12.7. The van der Waals surface area contributed by atoms with Crippen molar-refractivity contribution >= 4 is 31.7 Å². The first kappa shape index (κ1) is 19.3. The van der Waals surface area contributed by atoms with E-state index >= 15 is 0 Å². The lowest BCUT2D eigenvalue weighted by atomic mass is 9.82. The normalized spacial score (nSPS) is 23.1. The summed E-state index contributed by atoms with van der Waals surface area (Å²) in [7, 11) is -1.84. The van der Waals surface area contributed by atoms with E-state index in [1.807, 2.05) is 26.6 Å². The Kier molecular flexibility index (Phi) is 4.73. The van der Waals surface area contributed by atoms with E-state index in [9.17, 15) is 19.5 Å². The molecule has 0 spiro atoms. The molecule has 2 heterocycles. The summed E-state index contributed by atoms with van der Waals surface area (Å²) in [6.07, 6.45) is 0.0890. The number of amides is 2. The Balaban J connectivity index is 1.94. The van der Waals surface area contributed by atoms with Crippen LogP contribution in [0.2, 0.25) is 19.6 Å². The number of hydrogen-bond acceptors (Lipinski definition) is 5. The summed E-state index contributed by atoms with van der Waals surface area (Å²) in [5.41, 5.74) is 6.53. The number of rotatable bonds is 6. The monoisotopic (exact) mass is 387 g/mol. The molecule has 1 saturated heterocycles. The van der Waals surface area contributed by atoms with Gasteiger partial charge in [-0.2, -0.15) is 0 Å². The fourth-order valence-corrected chi connectivity index (χ4v) is 5.26. The molecule has 2 amide bonds. The minimum Gasteiger partial charge on any atom is -0.543 e. The first-order valence-electron chi connectivity index (χ1n) is 8.87. The van der Waals surface area contributed by atoms with Gasteiger partial charge in [-0.1, -0.05) is 12.1 Å². The van der Waals surface area contributed by atoms with Crippen LogP contribution in [0.25, 0.3) is 5.57 Å². The third-order valence-corrected chi connectivity index (χ3v) is 6.02. The fourth-order valence-electron chi connectivity index (χ4n) is 3.99. The quantitative estimate of drug-likeness (QED) is 0.571. The van der Waals surface area contributed by atoms with Crippen molar-refractivity contribution in [3.8, 4) is 0 Å². The van der Waals surface area contributed by atoms with Gasteiger partial charge in [-0.05, 0) is 56.3 Å². The van der Waals surface area contributed by atoms with E-state index in [2.05, 4.69) is 0 Å². The lowest BCUT2D eigenvalue weighted by molar-refractivity contribution is -0.301. The molecule has 0 aliphatic carbocycles. The number of primary amides is 1. The number of nitrogens with zero attached hydrogens (tertiary/aromatic N) is 1. The molecule has 3 rings (SSSR count). The van der Waals surface area contributed by atoms with Gasteiger partial charge in [0.25, 0.3) is 0 Å². The second-order valence-corrected chi connectivity index (χ2v) is 12.5. The van der Waals surface area contributed by atoms with Crippen molar-refractivity contribution in [2.75, 3.05) is 0 Å². The fraction of sp³-hybridized carbons (Fsp3) is 0.421. The summed E-state index contributed by atoms with van der Waals surface area (Å²) in [6, 6.07) is 6.18. The summed E-state index contributed by atoms with van der Waals surface area (Å²) >= 11 is 0. The largest absolute Gasteiger partial charge is 0.543 e.